The van der Waals surface area contributed by atoms with Gasteiger partial charge in [-0.1, -0.05) is 13.8 Å². The molecule has 2 unspecified atom stereocenters. The van der Waals surface area contributed by atoms with Gasteiger partial charge in [0.2, 0.25) is 6.79 Å². The maximum Gasteiger partial charge on any atom is 0.209 e. The van der Waals surface area contributed by atoms with Crippen LogP contribution < -0.4 is 0 Å². The molecule has 2 heteroatoms. The molecule has 1 radical (unpaired) electrons. The first kappa shape index (κ1) is 10.9. The second-order valence-electron chi connectivity index (χ2n) is 2.81. The molecule has 0 heterocycles. The van der Waals surface area contributed by atoms with Gasteiger partial charge in [-0.05, 0) is 26.7 Å². The van der Waals surface area contributed by atoms with Crippen molar-refractivity contribution < 1.29 is 9.47 Å². The zero-order chi connectivity index (χ0) is 8.69. The maximum absolute atomic E-state index is 5.22. The largest absolute Gasteiger partial charge is 0.345 e. The van der Waals surface area contributed by atoms with Crippen LogP contribution in [0.3, 0.4) is 0 Å². The average molecular weight is 159 g/mol. The van der Waals surface area contributed by atoms with Crippen molar-refractivity contribution in [3.63, 3.8) is 0 Å². The van der Waals surface area contributed by atoms with E-state index in [2.05, 4.69) is 13.8 Å². The van der Waals surface area contributed by atoms with Gasteiger partial charge in [0.05, 0.1) is 12.2 Å². The van der Waals surface area contributed by atoms with E-state index in [4.69, 9.17) is 9.47 Å². The molecule has 67 valence electrons. The maximum atomic E-state index is 5.22. The Morgan fingerprint density at radius 3 is 1.64 bits per heavy atom. The lowest BCUT2D eigenvalue weighted by atomic mass is 10.3. The smallest absolute Gasteiger partial charge is 0.209 e. The minimum Gasteiger partial charge on any atom is -0.345 e. The van der Waals surface area contributed by atoms with Crippen molar-refractivity contribution in [2.45, 2.75) is 52.7 Å². The summed E-state index contributed by atoms with van der Waals surface area (Å²) in [6.07, 6.45) is 2.55. The normalized spacial score (nSPS) is 16.4. The standard InChI is InChI=1S/C9H19O2/c1-5-8(3)10-7-11-9(4)6-2/h7-9H,5-6H2,1-4H3. The third-order valence-corrected chi connectivity index (χ3v) is 1.73. The van der Waals surface area contributed by atoms with Crippen LogP contribution in [0.4, 0.5) is 0 Å². The lowest BCUT2D eigenvalue weighted by molar-refractivity contribution is -0.0434. The Morgan fingerprint density at radius 1 is 1.00 bits per heavy atom. The lowest BCUT2D eigenvalue weighted by Gasteiger charge is -2.12. The second-order valence-corrected chi connectivity index (χ2v) is 2.81. The third kappa shape index (κ3) is 6.32. The van der Waals surface area contributed by atoms with Gasteiger partial charge in [-0.25, -0.2) is 0 Å². The molecule has 0 aliphatic rings. The Labute approximate surface area is 69.9 Å². The summed E-state index contributed by atoms with van der Waals surface area (Å²) in [5.41, 5.74) is 0. The Morgan fingerprint density at radius 2 is 1.36 bits per heavy atom. The van der Waals surface area contributed by atoms with Crippen LogP contribution in [-0.2, 0) is 9.47 Å². The lowest BCUT2D eigenvalue weighted by Crippen LogP contribution is -2.10. The van der Waals surface area contributed by atoms with Crippen LogP contribution in [0.15, 0.2) is 0 Å². The Bertz CT molecular complexity index is 73.6. The van der Waals surface area contributed by atoms with Gasteiger partial charge in [-0.3, -0.25) is 0 Å². The molecule has 0 aromatic heterocycles. The number of hydrogen-bond acceptors (Lipinski definition) is 2. The highest BCUT2D eigenvalue weighted by atomic mass is 16.7. The van der Waals surface area contributed by atoms with Crippen molar-refractivity contribution in [2.24, 2.45) is 0 Å². The van der Waals surface area contributed by atoms with Gasteiger partial charge >= 0.3 is 0 Å². The first-order valence-corrected chi connectivity index (χ1v) is 4.33. The molecule has 0 bridgehead atoms. The topological polar surface area (TPSA) is 18.5 Å². The first-order chi connectivity index (χ1) is 5.20. The van der Waals surface area contributed by atoms with E-state index in [9.17, 15) is 0 Å². The van der Waals surface area contributed by atoms with E-state index in [1.165, 1.54) is 6.79 Å². The first-order valence-electron chi connectivity index (χ1n) is 4.33. The van der Waals surface area contributed by atoms with Crippen molar-refractivity contribution in [1.29, 1.82) is 0 Å². The summed E-state index contributed by atoms with van der Waals surface area (Å²) < 4.78 is 10.4. The van der Waals surface area contributed by atoms with Crippen molar-refractivity contribution in [1.82, 2.24) is 0 Å². The minimum absolute atomic E-state index is 0.263. The Balaban J connectivity index is 3.13. The van der Waals surface area contributed by atoms with E-state index in [-0.39, 0.29) is 12.2 Å². The van der Waals surface area contributed by atoms with Crippen LogP contribution in [0.2, 0.25) is 0 Å². The van der Waals surface area contributed by atoms with Crippen LogP contribution >= 0.6 is 0 Å². The molecule has 2 nitrogen and oxygen atoms in total. The van der Waals surface area contributed by atoms with Gasteiger partial charge in [-0.2, -0.15) is 0 Å². The van der Waals surface area contributed by atoms with Crippen molar-refractivity contribution in [2.75, 3.05) is 0 Å². The summed E-state index contributed by atoms with van der Waals surface area (Å²) >= 11 is 0. The van der Waals surface area contributed by atoms with E-state index < -0.39 is 0 Å². The van der Waals surface area contributed by atoms with E-state index in [1.807, 2.05) is 13.8 Å². The van der Waals surface area contributed by atoms with Crippen molar-refractivity contribution in [3.05, 3.63) is 6.79 Å². The highest BCUT2D eigenvalue weighted by Crippen LogP contribution is 2.03. The molecule has 0 aliphatic carbocycles. The average Bonchev–Trinajstić information content (AvgIpc) is 2.04. The van der Waals surface area contributed by atoms with Gasteiger partial charge in [-0.15, -0.1) is 0 Å². The monoisotopic (exact) mass is 159 g/mol. The molecule has 0 aromatic carbocycles. The summed E-state index contributed by atoms with van der Waals surface area (Å²) in [5.74, 6) is 0. The SMILES string of the molecule is CCC(C)O[CH]OC(C)CC. The minimum atomic E-state index is 0.263. The molecule has 0 rings (SSSR count). The van der Waals surface area contributed by atoms with Crippen LogP contribution in [0.5, 0.6) is 0 Å². The summed E-state index contributed by atoms with van der Waals surface area (Å²) in [5, 5.41) is 0. The fourth-order valence-corrected chi connectivity index (χ4v) is 0.414. The Hall–Kier alpha value is -0.0800. The highest BCUT2D eigenvalue weighted by Gasteiger charge is 2.01. The van der Waals surface area contributed by atoms with E-state index in [0.717, 1.165) is 12.8 Å². The van der Waals surface area contributed by atoms with E-state index >= 15 is 0 Å². The molecule has 0 fully saturated rings. The van der Waals surface area contributed by atoms with Crippen LogP contribution in [-0.4, -0.2) is 12.2 Å². The molecule has 0 aliphatic heterocycles. The molecule has 0 N–H and O–H groups in total. The van der Waals surface area contributed by atoms with Gasteiger partial charge in [0.25, 0.3) is 0 Å². The van der Waals surface area contributed by atoms with E-state index in [0.29, 0.717) is 0 Å². The van der Waals surface area contributed by atoms with Crippen LogP contribution in [0.1, 0.15) is 40.5 Å². The van der Waals surface area contributed by atoms with Crippen LogP contribution in [0, 0.1) is 6.79 Å². The fourth-order valence-electron chi connectivity index (χ4n) is 0.414. The molecule has 0 aromatic rings. The second kappa shape index (κ2) is 6.62. The zero-order valence-corrected chi connectivity index (χ0v) is 7.96. The third-order valence-electron chi connectivity index (χ3n) is 1.73. The highest BCUT2D eigenvalue weighted by molar-refractivity contribution is 4.49. The Kier molecular flexibility index (Phi) is 6.57. The van der Waals surface area contributed by atoms with Gasteiger partial charge < -0.3 is 9.47 Å². The van der Waals surface area contributed by atoms with Gasteiger partial charge in [0.15, 0.2) is 0 Å². The number of rotatable bonds is 6. The molecule has 11 heavy (non-hydrogen) atoms. The van der Waals surface area contributed by atoms with Crippen molar-refractivity contribution >= 4 is 0 Å². The summed E-state index contributed by atoms with van der Waals surface area (Å²) in [6.45, 7) is 9.68. The molecule has 0 saturated heterocycles. The van der Waals surface area contributed by atoms with E-state index in [1.54, 1.807) is 0 Å². The summed E-state index contributed by atoms with van der Waals surface area (Å²) in [7, 11) is 0. The van der Waals surface area contributed by atoms with Gasteiger partial charge in [0.1, 0.15) is 0 Å². The van der Waals surface area contributed by atoms with Gasteiger partial charge in [0, 0.05) is 0 Å². The molecular formula is C9H19O2. The predicted octanol–water partition coefficient (Wildman–Crippen LogP) is 2.74. The molecule has 0 saturated carbocycles. The summed E-state index contributed by atoms with van der Waals surface area (Å²) in [4.78, 5) is 0. The number of hydrogen-bond donors (Lipinski definition) is 0. The molecular weight excluding hydrogens is 140 g/mol. The molecule has 2 atom stereocenters. The zero-order valence-electron chi connectivity index (χ0n) is 7.96. The molecule has 0 spiro atoms. The quantitative estimate of drug-likeness (QED) is 0.593. The number of ether oxygens (including phenoxy) is 2. The molecule has 0 amide bonds. The van der Waals surface area contributed by atoms with Crippen LogP contribution in [0.25, 0.3) is 0 Å². The van der Waals surface area contributed by atoms with Crippen molar-refractivity contribution in [3.8, 4) is 0 Å². The predicted molar refractivity (Wildman–Crippen MR) is 46.0 cm³/mol. The fraction of sp³-hybridized carbons (Fsp3) is 0.889. The summed E-state index contributed by atoms with van der Waals surface area (Å²) in [6, 6.07) is 0.